The summed E-state index contributed by atoms with van der Waals surface area (Å²) in [6.45, 7) is 8.90. The first-order valence-electron chi connectivity index (χ1n) is 6.43. The number of hydrogen-bond donors (Lipinski definition) is 0. The summed E-state index contributed by atoms with van der Waals surface area (Å²) >= 11 is 0. The Balaban J connectivity index is 1.93. The molecule has 2 aliphatic rings. The van der Waals surface area contributed by atoms with Gasteiger partial charge in [-0.3, -0.25) is 4.79 Å². The van der Waals surface area contributed by atoms with Crippen LogP contribution >= 0.6 is 0 Å². The first-order valence-corrected chi connectivity index (χ1v) is 6.43. The average molecular weight is 222 g/mol. The number of rotatable bonds is 4. The molecule has 0 heterocycles. The molecule has 2 bridgehead atoms. The highest BCUT2D eigenvalue weighted by Gasteiger charge is 2.50. The van der Waals surface area contributed by atoms with Gasteiger partial charge in [-0.25, -0.2) is 0 Å². The molecule has 0 aliphatic heterocycles. The predicted octanol–water partition coefficient (Wildman–Crippen LogP) is 3.32. The molecule has 2 aliphatic carbocycles. The number of esters is 1. The van der Waals surface area contributed by atoms with Crippen LogP contribution in [0.25, 0.3) is 0 Å². The van der Waals surface area contributed by atoms with Gasteiger partial charge in [-0.1, -0.05) is 19.1 Å². The molecule has 2 rings (SSSR count). The maximum atomic E-state index is 11.4. The van der Waals surface area contributed by atoms with Crippen molar-refractivity contribution in [1.82, 2.24) is 0 Å². The van der Waals surface area contributed by atoms with E-state index < -0.39 is 0 Å². The van der Waals surface area contributed by atoms with Gasteiger partial charge in [-0.2, -0.15) is 0 Å². The van der Waals surface area contributed by atoms with Gasteiger partial charge in [0.05, 0.1) is 6.61 Å². The zero-order chi connectivity index (χ0) is 11.8. The summed E-state index contributed by atoms with van der Waals surface area (Å²) in [6.07, 6.45) is 5.41. The zero-order valence-electron chi connectivity index (χ0n) is 10.4. The first-order chi connectivity index (χ1) is 7.58. The molecule has 0 N–H and O–H groups in total. The van der Waals surface area contributed by atoms with Crippen LogP contribution in [0.4, 0.5) is 0 Å². The first kappa shape index (κ1) is 11.7. The lowest BCUT2D eigenvalue weighted by Gasteiger charge is -2.36. The number of carbonyl (C=O) groups excluding carboxylic acids is 1. The Bertz CT molecular complexity index is 308. The van der Waals surface area contributed by atoms with E-state index in [0.717, 1.165) is 18.3 Å². The summed E-state index contributed by atoms with van der Waals surface area (Å²) < 4.78 is 4.99. The Hall–Kier alpha value is -0.790. The molecule has 0 aromatic rings. The van der Waals surface area contributed by atoms with Crippen LogP contribution in [0.2, 0.25) is 0 Å². The molecule has 2 fully saturated rings. The summed E-state index contributed by atoms with van der Waals surface area (Å²) in [5.74, 6) is 1.44. The molecule has 0 radical (unpaired) electrons. The minimum atomic E-state index is -0.0562. The summed E-state index contributed by atoms with van der Waals surface area (Å²) in [5.41, 5.74) is 1.60. The van der Waals surface area contributed by atoms with Crippen LogP contribution in [0.5, 0.6) is 0 Å². The number of ether oxygens (including phenoxy) is 1. The largest absolute Gasteiger partial charge is 0.466 e. The topological polar surface area (TPSA) is 26.3 Å². The van der Waals surface area contributed by atoms with Gasteiger partial charge in [0.2, 0.25) is 0 Å². The number of allylic oxidation sites excluding steroid dienone is 1. The smallest absolute Gasteiger partial charge is 0.305 e. The van der Waals surface area contributed by atoms with Gasteiger partial charge in [0.15, 0.2) is 0 Å². The van der Waals surface area contributed by atoms with Gasteiger partial charge in [0, 0.05) is 6.42 Å². The number of hydrogen-bond acceptors (Lipinski definition) is 2. The monoisotopic (exact) mass is 222 g/mol. The van der Waals surface area contributed by atoms with E-state index in [1.807, 2.05) is 6.92 Å². The van der Waals surface area contributed by atoms with Crippen LogP contribution in [-0.2, 0) is 9.53 Å². The molecule has 90 valence electrons. The maximum Gasteiger partial charge on any atom is 0.305 e. The van der Waals surface area contributed by atoms with Gasteiger partial charge in [0.25, 0.3) is 0 Å². The summed E-state index contributed by atoms with van der Waals surface area (Å²) in [6, 6.07) is 0. The highest BCUT2D eigenvalue weighted by Crippen LogP contribution is 2.60. The van der Waals surface area contributed by atoms with E-state index in [4.69, 9.17) is 4.74 Å². The molecule has 0 spiro atoms. The lowest BCUT2D eigenvalue weighted by Crippen LogP contribution is -2.27. The van der Waals surface area contributed by atoms with Crippen molar-refractivity contribution in [2.45, 2.75) is 46.0 Å². The Morgan fingerprint density at radius 1 is 1.56 bits per heavy atom. The van der Waals surface area contributed by atoms with Crippen LogP contribution in [0, 0.1) is 17.3 Å². The van der Waals surface area contributed by atoms with Crippen molar-refractivity contribution < 1.29 is 9.53 Å². The Morgan fingerprint density at radius 3 is 2.88 bits per heavy atom. The minimum absolute atomic E-state index is 0.0562. The molecule has 16 heavy (non-hydrogen) atoms. The van der Waals surface area contributed by atoms with Gasteiger partial charge in [-0.05, 0) is 49.9 Å². The average Bonchev–Trinajstić information content (AvgIpc) is 2.81. The summed E-state index contributed by atoms with van der Waals surface area (Å²) in [4.78, 5) is 11.4. The molecule has 0 saturated heterocycles. The van der Waals surface area contributed by atoms with E-state index in [2.05, 4.69) is 13.5 Å². The highest BCUT2D eigenvalue weighted by atomic mass is 16.5. The van der Waals surface area contributed by atoms with Gasteiger partial charge in [-0.15, -0.1) is 0 Å². The van der Waals surface area contributed by atoms with Gasteiger partial charge < -0.3 is 4.74 Å². The van der Waals surface area contributed by atoms with Crippen molar-refractivity contribution in [3.05, 3.63) is 12.2 Å². The fraction of sp³-hybridized carbons (Fsp3) is 0.786. The molecule has 3 atom stereocenters. The number of fused-ring (bicyclic) bond motifs is 2. The highest BCUT2D eigenvalue weighted by molar-refractivity contribution is 5.69. The molecule has 0 aromatic carbocycles. The predicted molar refractivity (Wildman–Crippen MR) is 63.9 cm³/mol. The Kier molecular flexibility index (Phi) is 3.09. The van der Waals surface area contributed by atoms with E-state index >= 15 is 0 Å². The SMILES string of the molecule is C=C1C2CCC(C2)C1(C)CCC(=O)OCC. The third-order valence-electron chi connectivity index (χ3n) is 4.71. The fourth-order valence-electron chi connectivity index (χ4n) is 3.56. The molecule has 2 saturated carbocycles. The second-order valence-electron chi connectivity index (χ2n) is 5.45. The van der Waals surface area contributed by atoms with Crippen LogP contribution in [0.1, 0.15) is 46.0 Å². The number of carbonyl (C=O) groups is 1. The van der Waals surface area contributed by atoms with Crippen LogP contribution in [0.15, 0.2) is 12.2 Å². The lowest BCUT2D eigenvalue weighted by atomic mass is 9.69. The zero-order valence-corrected chi connectivity index (χ0v) is 10.4. The normalized spacial score (nSPS) is 36.8. The third-order valence-corrected chi connectivity index (χ3v) is 4.71. The third kappa shape index (κ3) is 1.79. The van der Waals surface area contributed by atoms with Gasteiger partial charge in [0.1, 0.15) is 0 Å². The molecule has 2 nitrogen and oxygen atoms in total. The van der Waals surface area contributed by atoms with Crippen molar-refractivity contribution in [3.8, 4) is 0 Å². The van der Waals surface area contributed by atoms with Crippen molar-refractivity contribution >= 4 is 5.97 Å². The van der Waals surface area contributed by atoms with Crippen molar-refractivity contribution in [2.24, 2.45) is 17.3 Å². The van der Waals surface area contributed by atoms with Crippen LogP contribution in [0.3, 0.4) is 0 Å². The fourth-order valence-corrected chi connectivity index (χ4v) is 3.56. The second-order valence-corrected chi connectivity index (χ2v) is 5.45. The summed E-state index contributed by atoms with van der Waals surface area (Å²) in [5, 5.41) is 0. The maximum absolute atomic E-state index is 11.4. The second kappa shape index (κ2) is 4.23. The lowest BCUT2D eigenvalue weighted by molar-refractivity contribution is -0.143. The Labute approximate surface area is 98.1 Å². The van der Waals surface area contributed by atoms with E-state index in [-0.39, 0.29) is 11.4 Å². The molecule has 3 unspecified atom stereocenters. The molecule has 0 aromatic heterocycles. The van der Waals surface area contributed by atoms with Crippen molar-refractivity contribution in [2.75, 3.05) is 6.61 Å². The van der Waals surface area contributed by atoms with Crippen LogP contribution in [-0.4, -0.2) is 12.6 Å². The van der Waals surface area contributed by atoms with E-state index in [0.29, 0.717) is 13.0 Å². The molecular formula is C14H22O2. The van der Waals surface area contributed by atoms with Crippen molar-refractivity contribution in [3.63, 3.8) is 0 Å². The van der Waals surface area contributed by atoms with Gasteiger partial charge >= 0.3 is 5.97 Å². The van der Waals surface area contributed by atoms with E-state index in [1.165, 1.54) is 24.8 Å². The van der Waals surface area contributed by atoms with E-state index in [1.54, 1.807) is 0 Å². The molecule has 2 heteroatoms. The van der Waals surface area contributed by atoms with Crippen molar-refractivity contribution in [1.29, 1.82) is 0 Å². The quantitative estimate of drug-likeness (QED) is 0.539. The van der Waals surface area contributed by atoms with Crippen LogP contribution < -0.4 is 0 Å². The molecule has 0 amide bonds. The minimum Gasteiger partial charge on any atom is -0.466 e. The Morgan fingerprint density at radius 2 is 2.31 bits per heavy atom. The van der Waals surface area contributed by atoms with E-state index in [9.17, 15) is 4.79 Å². The standard InChI is InChI=1S/C14H22O2/c1-4-16-13(15)7-8-14(3)10(2)11-5-6-12(14)9-11/h11-12H,2,4-9H2,1,3H3. The molecular weight excluding hydrogens is 200 g/mol. The summed E-state index contributed by atoms with van der Waals surface area (Å²) in [7, 11) is 0.